The van der Waals surface area contributed by atoms with Gasteiger partial charge in [-0.15, -0.1) is 11.3 Å². The van der Waals surface area contributed by atoms with Crippen molar-refractivity contribution in [2.45, 2.75) is 25.7 Å². The van der Waals surface area contributed by atoms with Crippen LogP contribution in [0.15, 0.2) is 11.6 Å². The molecule has 104 valence electrons. The van der Waals surface area contributed by atoms with Crippen LogP contribution in [0.5, 0.6) is 0 Å². The summed E-state index contributed by atoms with van der Waals surface area (Å²) in [5.74, 6) is -0.404. The molecular formula is C12H18N2O3SSi. The summed E-state index contributed by atoms with van der Waals surface area (Å²) in [6.45, 7) is 7.48. The Morgan fingerprint density at radius 2 is 2.26 bits per heavy atom. The monoisotopic (exact) mass is 298 g/mol. The SMILES string of the molecule is C[Si](C)(C)CCOCOC(=O)c1cc2ncsc2[nH]1. The zero-order valence-electron chi connectivity index (χ0n) is 11.4. The molecule has 0 saturated heterocycles. The highest BCUT2D eigenvalue weighted by atomic mass is 32.1. The Hall–Kier alpha value is -1.18. The summed E-state index contributed by atoms with van der Waals surface area (Å²) in [5.41, 5.74) is 2.94. The number of nitrogens with zero attached hydrogens (tertiary/aromatic N) is 1. The van der Waals surface area contributed by atoms with Crippen molar-refractivity contribution in [1.29, 1.82) is 0 Å². The van der Waals surface area contributed by atoms with Crippen LogP contribution in [0.4, 0.5) is 0 Å². The van der Waals surface area contributed by atoms with Gasteiger partial charge in [-0.2, -0.15) is 0 Å². The van der Waals surface area contributed by atoms with Crippen LogP contribution in [0.25, 0.3) is 10.3 Å². The number of nitrogens with one attached hydrogen (secondary N) is 1. The first kappa shape index (κ1) is 14.2. The Labute approximate surface area is 117 Å². The standard InChI is InChI=1S/C12H18N2O3SSi/c1-19(2,3)5-4-16-8-17-12(15)10-6-9-11(14-10)18-7-13-9/h6-7,14H,4-5,8H2,1-3H3. The Balaban J connectivity index is 1.74. The lowest BCUT2D eigenvalue weighted by Crippen LogP contribution is -2.22. The normalized spacial score (nSPS) is 11.9. The van der Waals surface area contributed by atoms with Gasteiger partial charge in [-0.1, -0.05) is 19.6 Å². The lowest BCUT2D eigenvalue weighted by Gasteiger charge is -2.15. The maximum Gasteiger partial charge on any atom is 0.356 e. The molecule has 0 aliphatic carbocycles. The molecule has 0 fully saturated rings. The fourth-order valence-corrected chi connectivity index (χ4v) is 2.90. The summed E-state index contributed by atoms with van der Waals surface area (Å²) in [6.07, 6.45) is 0. The van der Waals surface area contributed by atoms with Gasteiger partial charge in [0.1, 0.15) is 16.0 Å². The first-order chi connectivity index (χ1) is 8.96. The Morgan fingerprint density at radius 1 is 1.47 bits per heavy atom. The van der Waals surface area contributed by atoms with Crippen LogP contribution < -0.4 is 0 Å². The van der Waals surface area contributed by atoms with Gasteiger partial charge in [0.2, 0.25) is 0 Å². The van der Waals surface area contributed by atoms with Crippen molar-refractivity contribution in [2.75, 3.05) is 13.4 Å². The predicted molar refractivity (Wildman–Crippen MR) is 78.4 cm³/mol. The van der Waals surface area contributed by atoms with Crippen molar-refractivity contribution in [1.82, 2.24) is 9.97 Å². The minimum atomic E-state index is -1.09. The van der Waals surface area contributed by atoms with E-state index < -0.39 is 14.0 Å². The number of H-pyrrole nitrogens is 1. The highest BCUT2D eigenvalue weighted by Crippen LogP contribution is 2.18. The van der Waals surface area contributed by atoms with E-state index in [0.717, 1.165) is 16.4 Å². The number of carbonyl (C=O) groups is 1. The van der Waals surface area contributed by atoms with E-state index >= 15 is 0 Å². The van der Waals surface area contributed by atoms with E-state index in [0.29, 0.717) is 12.3 Å². The second-order valence-corrected chi connectivity index (χ2v) is 12.0. The van der Waals surface area contributed by atoms with E-state index in [2.05, 4.69) is 29.6 Å². The van der Waals surface area contributed by atoms with E-state index in [1.165, 1.54) is 11.3 Å². The highest BCUT2D eigenvalue weighted by Gasteiger charge is 2.14. The van der Waals surface area contributed by atoms with E-state index in [-0.39, 0.29) is 6.79 Å². The first-order valence-electron chi connectivity index (χ1n) is 6.13. The fourth-order valence-electron chi connectivity index (χ4n) is 1.47. The molecule has 0 atom stereocenters. The summed E-state index contributed by atoms with van der Waals surface area (Å²) in [7, 11) is -1.09. The van der Waals surface area contributed by atoms with E-state index in [9.17, 15) is 4.79 Å². The molecule has 0 amide bonds. The number of rotatable bonds is 6. The maximum atomic E-state index is 11.7. The van der Waals surface area contributed by atoms with Crippen LogP contribution in [0.2, 0.25) is 25.7 Å². The molecule has 0 unspecified atom stereocenters. The van der Waals surface area contributed by atoms with Crippen LogP contribution in [0, 0.1) is 0 Å². The zero-order chi connectivity index (χ0) is 13.9. The van der Waals surface area contributed by atoms with E-state index in [1.54, 1.807) is 11.6 Å². The second-order valence-electron chi connectivity index (χ2n) is 5.52. The van der Waals surface area contributed by atoms with Crippen LogP contribution >= 0.6 is 11.3 Å². The van der Waals surface area contributed by atoms with Crippen LogP contribution in [-0.4, -0.2) is 37.4 Å². The fraction of sp³-hybridized carbons (Fsp3) is 0.500. The van der Waals surface area contributed by atoms with Gasteiger partial charge in [0.05, 0.1) is 5.51 Å². The highest BCUT2D eigenvalue weighted by molar-refractivity contribution is 7.16. The maximum absolute atomic E-state index is 11.7. The van der Waals surface area contributed by atoms with Gasteiger partial charge in [-0.25, -0.2) is 9.78 Å². The third-order valence-electron chi connectivity index (χ3n) is 2.61. The van der Waals surface area contributed by atoms with Crippen molar-refractivity contribution in [3.05, 3.63) is 17.3 Å². The first-order valence-corrected chi connectivity index (χ1v) is 10.7. The van der Waals surface area contributed by atoms with Gasteiger partial charge in [-0.3, -0.25) is 0 Å². The van der Waals surface area contributed by atoms with Gasteiger partial charge in [0, 0.05) is 14.7 Å². The van der Waals surface area contributed by atoms with Gasteiger partial charge < -0.3 is 14.5 Å². The average Bonchev–Trinajstić information content (AvgIpc) is 2.86. The molecule has 0 aliphatic heterocycles. The number of fused-ring (bicyclic) bond motifs is 1. The number of hydrogen-bond acceptors (Lipinski definition) is 5. The summed E-state index contributed by atoms with van der Waals surface area (Å²) in [6, 6.07) is 2.75. The smallest absolute Gasteiger partial charge is 0.356 e. The van der Waals surface area contributed by atoms with Crippen molar-refractivity contribution >= 4 is 35.7 Å². The lowest BCUT2D eigenvalue weighted by atomic mass is 10.4. The summed E-state index contributed by atoms with van der Waals surface area (Å²) in [5, 5.41) is 0. The summed E-state index contributed by atoms with van der Waals surface area (Å²) in [4.78, 5) is 19.7. The number of hydrogen-bond donors (Lipinski definition) is 1. The second kappa shape index (κ2) is 5.85. The Kier molecular flexibility index (Phi) is 4.38. The third-order valence-corrected chi connectivity index (χ3v) is 5.08. The van der Waals surface area contributed by atoms with Gasteiger partial charge in [0.25, 0.3) is 0 Å². The molecule has 2 aromatic rings. The number of aromatic amines is 1. The Morgan fingerprint density at radius 3 is 2.95 bits per heavy atom. The van der Waals surface area contributed by atoms with Crippen molar-refractivity contribution in [3.63, 3.8) is 0 Å². The number of aromatic nitrogens is 2. The number of carbonyl (C=O) groups excluding carboxylic acids is 1. The van der Waals surface area contributed by atoms with Crippen LogP contribution in [0.3, 0.4) is 0 Å². The number of thiazole rings is 1. The Bertz CT molecular complexity index is 530. The van der Waals surface area contributed by atoms with Gasteiger partial charge in [-0.05, 0) is 12.1 Å². The van der Waals surface area contributed by atoms with Gasteiger partial charge in [0.15, 0.2) is 6.79 Å². The molecule has 2 rings (SSSR count). The van der Waals surface area contributed by atoms with Crippen molar-refractivity contribution in [2.24, 2.45) is 0 Å². The van der Waals surface area contributed by atoms with Crippen LogP contribution in [0.1, 0.15) is 10.5 Å². The minimum absolute atomic E-state index is 0.00338. The van der Waals surface area contributed by atoms with Gasteiger partial charge >= 0.3 is 5.97 Å². The molecule has 0 radical (unpaired) electrons. The largest absolute Gasteiger partial charge is 0.434 e. The molecule has 0 aromatic carbocycles. The molecule has 1 N–H and O–H groups in total. The molecular weight excluding hydrogens is 280 g/mol. The molecule has 0 spiro atoms. The van der Waals surface area contributed by atoms with E-state index in [4.69, 9.17) is 9.47 Å². The molecule has 19 heavy (non-hydrogen) atoms. The lowest BCUT2D eigenvalue weighted by molar-refractivity contribution is -0.0279. The molecule has 0 aliphatic rings. The number of esters is 1. The predicted octanol–water partition coefficient (Wildman–Crippen LogP) is 3.09. The minimum Gasteiger partial charge on any atom is -0.434 e. The van der Waals surface area contributed by atoms with Crippen LogP contribution in [-0.2, 0) is 9.47 Å². The average molecular weight is 298 g/mol. The topological polar surface area (TPSA) is 64.2 Å². The molecule has 7 heteroatoms. The molecule has 0 saturated carbocycles. The zero-order valence-corrected chi connectivity index (χ0v) is 13.2. The summed E-state index contributed by atoms with van der Waals surface area (Å²) < 4.78 is 10.4. The van der Waals surface area contributed by atoms with E-state index in [1.807, 2.05) is 0 Å². The number of ether oxygens (including phenoxy) is 2. The van der Waals surface area contributed by atoms with Crippen molar-refractivity contribution in [3.8, 4) is 0 Å². The molecule has 5 nitrogen and oxygen atoms in total. The third kappa shape index (κ3) is 4.15. The molecule has 0 bridgehead atoms. The van der Waals surface area contributed by atoms with Crippen molar-refractivity contribution < 1.29 is 14.3 Å². The summed E-state index contributed by atoms with van der Waals surface area (Å²) >= 11 is 1.46. The quantitative estimate of drug-likeness (QED) is 0.385. The molecule has 2 heterocycles. The molecule has 2 aromatic heterocycles.